The highest BCUT2D eigenvalue weighted by Gasteiger charge is 2.17. The van der Waals surface area contributed by atoms with E-state index >= 15 is 0 Å². The third-order valence-corrected chi connectivity index (χ3v) is 4.63. The molecule has 0 spiro atoms. The molecule has 2 aromatic heterocycles. The molecular formula is C9H8FN3O2S2. The van der Waals surface area contributed by atoms with Crippen LogP contribution in [0.1, 0.15) is 0 Å². The number of rotatable bonds is 3. The van der Waals surface area contributed by atoms with Gasteiger partial charge in [-0.05, 0) is 18.2 Å². The molecule has 0 aliphatic rings. The van der Waals surface area contributed by atoms with Gasteiger partial charge < -0.3 is 5.73 Å². The lowest BCUT2D eigenvalue weighted by atomic mass is 10.5. The fraction of sp³-hybridized carbons (Fsp3) is 0. The Labute approximate surface area is 101 Å². The van der Waals surface area contributed by atoms with Crippen LogP contribution in [0.2, 0.25) is 0 Å². The lowest BCUT2D eigenvalue weighted by Crippen LogP contribution is -2.12. The average molecular weight is 273 g/mol. The second-order valence-electron chi connectivity index (χ2n) is 3.15. The van der Waals surface area contributed by atoms with E-state index in [-0.39, 0.29) is 10.0 Å². The standard InChI is InChI=1S/C9H8FN3O2S2/c10-7-2-1-3-8(12-7)13-17(14,15)9-4-6(11)5-16-9/h1-5H,11H2,(H,12,13). The topological polar surface area (TPSA) is 85.1 Å². The van der Waals surface area contributed by atoms with Crippen molar-refractivity contribution in [3.05, 3.63) is 35.6 Å². The SMILES string of the molecule is Nc1csc(S(=O)(=O)Nc2cccc(F)n2)c1. The maximum Gasteiger partial charge on any atom is 0.272 e. The first kappa shape index (κ1) is 11.8. The van der Waals surface area contributed by atoms with E-state index < -0.39 is 16.0 Å². The number of nitrogen functional groups attached to an aromatic ring is 1. The molecule has 0 radical (unpaired) electrons. The zero-order chi connectivity index (χ0) is 12.5. The van der Waals surface area contributed by atoms with Crippen LogP contribution in [0.25, 0.3) is 0 Å². The Hall–Kier alpha value is -1.67. The number of hydrogen-bond donors (Lipinski definition) is 2. The number of sulfonamides is 1. The predicted octanol–water partition coefficient (Wildman–Crippen LogP) is 1.67. The first-order valence-electron chi connectivity index (χ1n) is 4.47. The molecule has 2 aromatic rings. The van der Waals surface area contributed by atoms with Crippen LogP contribution in [0.15, 0.2) is 33.9 Å². The molecule has 8 heteroatoms. The highest BCUT2D eigenvalue weighted by molar-refractivity contribution is 7.94. The van der Waals surface area contributed by atoms with Gasteiger partial charge in [-0.2, -0.15) is 4.39 Å². The minimum atomic E-state index is -3.75. The van der Waals surface area contributed by atoms with E-state index in [1.165, 1.54) is 23.6 Å². The molecule has 17 heavy (non-hydrogen) atoms. The molecule has 0 saturated heterocycles. The molecule has 0 atom stereocenters. The second-order valence-corrected chi connectivity index (χ2v) is 5.97. The molecular weight excluding hydrogens is 265 g/mol. The van der Waals surface area contributed by atoms with Gasteiger partial charge in [-0.15, -0.1) is 11.3 Å². The van der Waals surface area contributed by atoms with E-state index in [4.69, 9.17) is 5.73 Å². The average Bonchev–Trinajstić information content (AvgIpc) is 2.65. The van der Waals surface area contributed by atoms with Gasteiger partial charge in [0.2, 0.25) is 5.95 Å². The third kappa shape index (κ3) is 2.71. The van der Waals surface area contributed by atoms with Crippen LogP contribution in [-0.4, -0.2) is 13.4 Å². The number of hydrogen-bond acceptors (Lipinski definition) is 5. The van der Waals surface area contributed by atoms with Crippen molar-refractivity contribution in [3.63, 3.8) is 0 Å². The largest absolute Gasteiger partial charge is 0.398 e. The summed E-state index contributed by atoms with van der Waals surface area (Å²) in [6, 6.07) is 5.17. The summed E-state index contributed by atoms with van der Waals surface area (Å²) in [5.41, 5.74) is 5.80. The first-order valence-corrected chi connectivity index (χ1v) is 6.83. The van der Waals surface area contributed by atoms with Gasteiger partial charge in [0.25, 0.3) is 10.0 Å². The summed E-state index contributed by atoms with van der Waals surface area (Å²) in [5.74, 6) is -0.826. The van der Waals surface area contributed by atoms with Crippen LogP contribution >= 0.6 is 11.3 Å². The van der Waals surface area contributed by atoms with Crippen molar-refractivity contribution < 1.29 is 12.8 Å². The minimum Gasteiger partial charge on any atom is -0.398 e. The molecule has 0 fully saturated rings. The molecule has 0 unspecified atom stereocenters. The number of nitrogens with one attached hydrogen (secondary N) is 1. The zero-order valence-electron chi connectivity index (χ0n) is 8.42. The van der Waals surface area contributed by atoms with Crippen molar-refractivity contribution in [2.75, 3.05) is 10.5 Å². The zero-order valence-corrected chi connectivity index (χ0v) is 10.1. The summed E-state index contributed by atoms with van der Waals surface area (Å²) in [6.07, 6.45) is 0. The van der Waals surface area contributed by atoms with Crippen molar-refractivity contribution >= 4 is 32.9 Å². The normalized spacial score (nSPS) is 11.4. The highest BCUT2D eigenvalue weighted by atomic mass is 32.2. The van der Waals surface area contributed by atoms with E-state index in [1.54, 1.807) is 0 Å². The second kappa shape index (κ2) is 4.30. The van der Waals surface area contributed by atoms with Gasteiger partial charge >= 0.3 is 0 Å². The molecule has 0 aliphatic heterocycles. The van der Waals surface area contributed by atoms with Crippen molar-refractivity contribution in [1.82, 2.24) is 4.98 Å². The summed E-state index contributed by atoms with van der Waals surface area (Å²) < 4.78 is 38.6. The fourth-order valence-electron chi connectivity index (χ4n) is 1.12. The monoisotopic (exact) mass is 273 g/mol. The van der Waals surface area contributed by atoms with Crippen LogP contribution in [0.4, 0.5) is 15.9 Å². The molecule has 2 rings (SSSR count). The van der Waals surface area contributed by atoms with Gasteiger partial charge in [0.1, 0.15) is 10.0 Å². The molecule has 5 nitrogen and oxygen atoms in total. The number of thiophene rings is 1. The summed E-state index contributed by atoms with van der Waals surface area (Å²) in [4.78, 5) is 3.41. The van der Waals surface area contributed by atoms with Gasteiger partial charge in [-0.3, -0.25) is 4.72 Å². The van der Waals surface area contributed by atoms with Gasteiger partial charge in [-0.25, -0.2) is 13.4 Å². The molecule has 0 bridgehead atoms. The van der Waals surface area contributed by atoms with E-state index in [0.717, 1.165) is 17.4 Å². The van der Waals surface area contributed by atoms with E-state index in [2.05, 4.69) is 9.71 Å². The Bertz CT molecular complexity index is 639. The number of aromatic nitrogens is 1. The van der Waals surface area contributed by atoms with E-state index in [9.17, 15) is 12.8 Å². The lowest BCUT2D eigenvalue weighted by molar-refractivity contribution is 0.585. The van der Waals surface area contributed by atoms with Crippen LogP contribution in [-0.2, 0) is 10.0 Å². The summed E-state index contributed by atoms with van der Waals surface area (Å²) >= 11 is 0.983. The number of anilines is 2. The van der Waals surface area contributed by atoms with Crippen LogP contribution in [0.3, 0.4) is 0 Å². The van der Waals surface area contributed by atoms with Gasteiger partial charge in [0.05, 0.1) is 0 Å². The minimum absolute atomic E-state index is 0.0565. The molecule has 0 amide bonds. The Balaban J connectivity index is 2.29. The predicted molar refractivity (Wildman–Crippen MR) is 63.7 cm³/mol. The third-order valence-electron chi connectivity index (χ3n) is 1.81. The summed E-state index contributed by atoms with van der Waals surface area (Å²) in [7, 11) is -3.75. The van der Waals surface area contributed by atoms with Crippen LogP contribution < -0.4 is 10.5 Å². The first-order chi connectivity index (χ1) is 7.97. The van der Waals surface area contributed by atoms with Crippen LogP contribution in [0.5, 0.6) is 0 Å². The highest BCUT2D eigenvalue weighted by Crippen LogP contribution is 2.23. The van der Waals surface area contributed by atoms with Gasteiger partial charge in [0, 0.05) is 11.1 Å². The Morgan fingerprint density at radius 2 is 2.18 bits per heavy atom. The Kier molecular flexibility index (Phi) is 2.99. The summed E-state index contributed by atoms with van der Waals surface area (Å²) in [6.45, 7) is 0. The molecule has 0 saturated carbocycles. The Morgan fingerprint density at radius 3 is 2.76 bits per heavy atom. The van der Waals surface area contributed by atoms with Crippen molar-refractivity contribution in [2.45, 2.75) is 4.21 Å². The van der Waals surface area contributed by atoms with E-state index in [1.807, 2.05) is 0 Å². The number of nitrogens with zero attached hydrogens (tertiary/aromatic N) is 1. The fourth-order valence-corrected chi connectivity index (χ4v) is 3.21. The van der Waals surface area contributed by atoms with Crippen molar-refractivity contribution in [2.24, 2.45) is 0 Å². The lowest BCUT2D eigenvalue weighted by Gasteiger charge is -2.04. The molecule has 0 aliphatic carbocycles. The number of pyridine rings is 1. The van der Waals surface area contributed by atoms with Gasteiger partial charge in [-0.1, -0.05) is 6.07 Å². The molecule has 90 valence electrons. The Morgan fingerprint density at radius 1 is 1.41 bits per heavy atom. The molecule has 0 aromatic carbocycles. The molecule has 3 N–H and O–H groups in total. The number of halogens is 1. The van der Waals surface area contributed by atoms with Crippen molar-refractivity contribution in [3.8, 4) is 0 Å². The van der Waals surface area contributed by atoms with E-state index in [0.29, 0.717) is 5.69 Å². The summed E-state index contributed by atoms with van der Waals surface area (Å²) in [5, 5.41) is 1.51. The van der Waals surface area contributed by atoms with Gasteiger partial charge in [0.15, 0.2) is 0 Å². The van der Waals surface area contributed by atoms with Crippen molar-refractivity contribution in [1.29, 1.82) is 0 Å². The quantitative estimate of drug-likeness (QED) is 0.833. The smallest absolute Gasteiger partial charge is 0.272 e. The number of nitrogens with two attached hydrogens (primary N) is 1. The molecule has 2 heterocycles. The van der Waals surface area contributed by atoms with Crippen LogP contribution in [0, 0.1) is 5.95 Å². The maximum absolute atomic E-state index is 12.8. The maximum atomic E-state index is 12.8.